The van der Waals surface area contributed by atoms with E-state index in [1.165, 1.54) is 0 Å². The van der Waals surface area contributed by atoms with E-state index in [-0.39, 0.29) is 0 Å². The van der Waals surface area contributed by atoms with Crippen molar-refractivity contribution < 1.29 is 0 Å². The van der Waals surface area contributed by atoms with E-state index >= 15 is 0 Å². The molecule has 52 valence electrons. The molecule has 1 rings (SSSR count). The summed E-state index contributed by atoms with van der Waals surface area (Å²) in [6, 6.07) is 3.86. The summed E-state index contributed by atoms with van der Waals surface area (Å²) in [5.41, 5.74) is 1.59. The van der Waals surface area contributed by atoms with Crippen LogP contribution in [-0.2, 0) is 13.5 Å². The number of hydrogen-bond acceptors (Lipinski definition) is 2. The molecule has 0 bridgehead atoms. The summed E-state index contributed by atoms with van der Waals surface area (Å²) in [6.45, 7) is 2.02. The lowest BCUT2D eigenvalue weighted by Crippen LogP contribution is -1.93. The summed E-state index contributed by atoms with van der Waals surface area (Å²) in [4.78, 5) is 0. The van der Waals surface area contributed by atoms with E-state index in [4.69, 9.17) is 5.26 Å². The average Bonchev–Trinajstić information content (AvgIpc) is 2.30. The van der Waals surface area contributed by atoms with Crippen LogP contribution in [0.2, 0.25) is 0 Å². The Bertz CT molecular complexity index is 267. The summed E-state index contributed by atoms with van der Waals surface area (Å²) >= 11 is 0. The van der Waals surface area contributed by atoms with E-state index in [9.17, 15) is 0 Å². The molecule has 0 aliphatic carbocycles. The quantitative estimate of drug-likeness (QED) is 0.573. The molecule has 0 aliphatic heterocycles. The van der Waals surface area contributed by atoms with Crippen LogP contribution in [0, 0.1) is 11.3 Å². The van der Waals surface area contributed by atoms with E-state index in [0.29, 0.717) is 5.69 Å². The van der Waals surface area contributed by atoms with Gasteiger partial charge in [0.2, 0.25) is 0 Å². The normalized spacial score (nSPS) is 9.30. The Kier molecular flexibility index (Phi) is 1.72. The van der Waals surface area contributed by atoms with Crippen LogP contribution in [0.1, 0.15) is 18.3 Å². The van der Waals surface area contributed by atoms with Crippen molar-refractivity contribution in [2.75, 3.05) is 0 Å². The first-order valence-corrected chi connectivity index (χ1v) is 3.21. The van der Waals surface area contributed by atoms with Crippen molar-refractivity contribution in [2.45, 2.75) is 13.3 Å². The number of hydrogen-bond donors (Lipinski definition) is 0. The van der Waals surface area contributed by atoms with Gasteiger partial charge in [-0.1, -0.05) is 6.92 Å². The van der Waals surface area contributed by atoms with Crippen LogP contribution in [0.4, 0.5) is 0 Å². The van der Waals surface area contributed by atoms with Gasteiger partial charge in [-0.3, -0.25) is 4.68 Å². The van der Waals surface area contributed by atoms with E-state index < -0.39 is 0 Å². The van der Waals surface area contributed by atoms with E-state index in [2.05, 4.69) is 11.2 Å². The zero-order valence-corrected chi connectivity index (χ0v) is 6.13. The van der Waals surface area contributed by atoms with Crippen LogP contribution in [0.25, 0.3) is 0 Å². The molecule has 0 aromatic carbocycles. The van der Waals surface area contributed by atoms with Crippen molar-refractivity contribution in [1.82, 2.24) is 9.78 Å². The van der Waals surface area contributed by atoms with Gasteiger partial charge in [0.05, 0.1) is 5.69 Å². The van der Waals surface area contributed by atoms with Gasteiger partial charge < -0.3 is 0 Å². The largest absolute Gasteiger partial charge is 0.258 e. The number of aryl methyl sites for hydroxylation is 2. The highest BCUT2D eigenvalue weighted by molar-refractivity contribution is 5.22. The van der Waals surface area contributed by atoms with Crippen molar-refractivity contribution >= 4 is 0 Å². The minimum absolute atomic E-state index is 0.622. The number of nitriles is 1. The molecule has 1 aromatic heterocycles. The topological polar surface area (TPSA) is 41.6 Å². The van der Waals surface area contributed by atoms with Crippen LogP contribution < -0.4 is 0 Å². The molecule has 0 unspecified atom stereocenters. The summed E-state index contributed by atoms with van der Waals surface area (Å²) in [7, 11) is 1.78. The highest BCUT2D eigenvalue weighted by Gasteiger charge is 1.99. The predicted octanol–water partition coefficient (Wildman–Crippen LogP) is 0.854. The Morgan fingerprint density at radius 2 is 2.50 bits per heavy atom. The summed E-state index contributed by atoms with van der Waals surface area (Å²) < 4.78 is 1.60. The Morgan fingerprint density at radius 3 is 2.80 bits per heavy atom. The van der Waals surface area contributed by atoms with E-state index in [1.54, 1.807) is 17.8 Å². The number of rotatable bonds is 1. The zero-order valence-electron chi connectivity index (χ0n) is 6.13. The van der Waals surface area contributed by atoms with Gasteiger partial charge in [0.1, 0.15) is 11.8 Å². The Hall–Kier alpha value is -1.30. The first-order valence-electron chi connectivity index (χ1n) is 3.21. The summed E-state index contributed by atoms with van der Waals surface area (Å²) in [6.07, 6.45) is 0.884. The molecule has 3 nitrogen and oxygen atoms in total. The van der Waals surface area contributed by atoms with Crippen LogP contribution in [-0.4, -0.2) is 9.78 Å². The maximum atomic E-state index is 8.52. The van der Waals surface area contributed by atoms with Gasteiger partial charge in [0.25, 0.3) is 0 Å². The first kappa shape index (κ1) is 6.81. The van der Waals surface area contributed by atoms with Crippen LogP contribution in [0.3, 0.4) is 0 Å². The third-order valence-electron chi connectivity index (χ3n) is 1.41. The van der Waals surface area contributed by atoms with E-state index in [1.807, 2.05) is 6.92 Å². The van der Waals surface area contributed by atoms with Crippen LogP contribution in [0.5, 0.6) is 0 Å². The van der Waals surface area contributed by atoms with Crippen molar-refractivity contribution in [3.8, 4) is 6.07 Å². The molecule has 0 aliphatic rings. The third-order valence-corrected chi connectivity index (χ3v) is 1.41. The zero-order chi connectivity index (χ0) is 7.56. The highest BCUT2D eigenvalue weighted by Crippen LogP contribution is 2.00. The molecule has 0 spiro atoms. The third kappa shape index (κ3) is 1.01. The van der Waals surface area contributed by atoms with E-state index in [0.717, 1.165) is 12.1 Å². The lowest BCUT2D eigenvalue weighted by Gasteiger charge is -1.86. The maximum absolute atomic E-state index is 8.52. The second-order valence-corrected chi connectivity index (χ2v) is 2.11. The molecule has 1 aromatic rings. The standard InChI is InChI=1S/C7H9N3/c1-3-6-4-7(5-8)10(2)9-6/h4H,3H2,1-2H3. The van der Waals surface area contributed by atoms with Crippen molar-refractivity contribution in [1.29, 1.82) is 5.26 Å². The SMILES string of the molecule is CCc1cc(C#N)n(C)n1. The lowest BCUT2D eigenvalue weighted by molar-refractivity contribution is 0.736. The molecule has 10 heavy (non-hydrogen) atoms. The minimum atomic E-state index is 0.622. The molecule has 1 heterocycles. The Balaban J connectivity index is 3.07. The first-order chi connectivity index (χ1) is 4.77. The molecular weight excluding hydrogens is 126 g/mol. The molecule has 0 radical (unpaired) electrons. The van der Waals surface area contributed by atoms with Crippen LogP contribution >= 0.6 is 0 Å². The predicted molar refractivity (Wildman–Crippen MR) is 37.3 cm³/mol. The summed E-state index contributed by atoms with van der Waals surface area (Å²) in [5.74, 6) is 0. The maximum Gasteiger partial charge on any atom is 0.138 e. The number of aromatic nitrogens is 2. The fraction of sp³-hybridized carbons (Fsp3) is 0.429. The van der Waals surface area contributed by atoms with Crippen molar-refractivity contribution in [3.63, 3.8) is 0 Å². The van der Waals surface area contributed by atoms with Crippen LogP contribution in [0.15, 0.2) is 6.07 Å². The summed E-state index contributed by atoms with van der Waals surface area (Å²) in [5, 5.41) is 12.6. The lowest BCUT2D eigenvalue weighted by atomic mass is 10.3. The van der Waals surface area contributed by atoms with Gasteiger partial charge in [-0.05, 0) is 12.5 Å². The van der Waals surface area contributed by atoms with Crippen molar-refractivity contribution in [2.24, 2.45) is 7.05 Å². The minimum Gasteiger partial charge on any atom is -0.258 e. The molecule has 0 N–H and O–H groups in total. The average molecular weight is 135 g/mol. The molecule has 0 fully saturated rings. The Morgan fingerprint density at radius 1 is 1.80 bits per heavy atom. The molecule has 0 atom stereocenters. The second kappa shape index (κ2) is 2.53. The van der Waals surface area contributed by atoms with Gasteiger partial charge in [-0.2, -0.15) is 10.4 Å². The van der Waals surface area contributed by atoms with Gasteiger partial charge in [-0.15, -0.1) is 0 Å². The smallest absolute Gasteiger partial charge is 0.138 e. The highest BCUT2D eigenvalue weighted by atomic mass is 15.3. The van der Waals surface area contributed by atoms with Gasteiger partial charge in [-0.25, -0.2) is 0 Å². The van der Waals surface area contributed by atoms with Gasteiger partial charge in [0, 0.05) is 7.05 Å². The molecule has 0 saturated carbocycles. The van der Waals surface area contributed by atoms with Gasteiger partial charge in [0.15, 0.2) is 0 Å². The molecule has 0 amide bonds. The molecular formula is C7H9N3. The fourth-order valence-electron chi connectivity index (χ4n) is 0.804. The van der Waals surface area contributed by atoms with Crippen molar-refractivity contribution in [3.05, 3.63) is 17.5 Å². The second-order valence-electron chi connectivity index (χ2n) is 2.11. The fourth-order valence-corrected chi connectivity index (χ4v) is 0.804. The molecule has 0 saturated heterocycles. The monoisotopic (exact) mass is 135 g/mol. The van der Waals surface area contributed by atoms with Gasteiger partial charge >= 0.3 is 0 Å². The molecule has 3 heteroatoms. The Labute approximate surface area is 59.9 Å². The number of nitrogens with zero attached hydrogens (tertiary/aromatic N) is 3.